The number of para-hydroxylation sites is 1. The van der Waals surface area contributed by atoms with Crippen LogP contribution in [0.1, 0.15) is 11.1 Å². The van der Waals surface area contributed by atoms with Gasteiger partial charge >= 0.3 is 0 Å². The van der Waals surface area contributed by atoms with E-state index in [1.165, 1.54) is 17.1 Å². The molecule has 96 valence electrons. The quantitative estimate of drug-likeness (QED) is 0.597. The van der Waals surface area contributed by atoms with Crippen LogP contribution in [-0.4, -0.2) is 11.8 Å². The molecular formula is C16H15NO2. The lowest BCUT2D eigenvalue weighted by atomic mass is 10.0. The summed E-state index contributed by atoms with van der Waals surface area (Å²) < 4.78 is 0. The molecule has 3 nitrogen and oxygen atoms in total. The lowest BCUT2D eigenvalue weighted by Crippen LogP contribution is -2.31. The second-order valence-electron chi connectivity index (χ2n) is 4.26. The highest BCUT2D eigenvalue weighted by atomic mass is 16.2. The molecule has 0 spiro atoms. The molecule has 0 unspecified atom stereocenters. The minimum absolute atomic E-state index is 0.299. The number of rotatable bonds is 5. The van der Waals surface area contributed by atoms with Crippen LogP contribution in [0.15, 0.2) is 55.7 Å². The Bertz CT molecular complexity index is 538. The van der Waals surface area contributed by atoms with Gasteiger partial charge in [0.25, 0.3) is 11.8 Å². The SMILES string of the molecule is C=CCc1cccc(CC=C)c1N1C(=O)C=CC1=O. The number of hydrogen-bond donors (Lipinski definition) is 0. The van der Waals surface area contributed by atoms with E-state index in [4.69, 9.17) is 0 Å². The normalized spacial score (nSPS) is 14.0. The first-order valence-corrected chi connectivity index (χ1v) is 6.07. The second-order valence-corrected chi connectivity index (χ2v) is 4.26. The summed E-state index contributed by atoms with van der Waals surface area (Å²) in [4.78, 5) is 24.9. The van der Waals surface area contributed by atoms with Crippen LogP contribution >= 0.6 is 0 Å². The number of benzene rings is 1. The Balaban J connectivity index is 2.57. The van der Waals surface area contributed by atoms with Crippen LogP contribution < -0.4 is 4.90 Å². The standard InChI is InChI=1S/C16H15NO2/c1-3-6-12-8-5-9-13(7-4-2)16(12)17-14(18)10-11-15(17)19/h3-5,8-11H,1-2,6-7H2. The number of allylic oxidation sites excluding steroid dienone is 2. The molecule has 0 aliphatic carbocycles. The molecule has 0 bridgehead atoms. The average Bonchev–Trinajstić information content (AvgIpc) is 2.71. The van der Waals surface area contributed by atoms with Crippen molar-refractivity contribution < 1.29 is 9.59 Å². The summed E-state index contributed by atoms with van der Waals surface area (Å²) in [6.45, 7) is 7.43. The zero-order valence-corrected chi connectivity index (χ0v) is 10.6. The third-order valence-electron chi connectivity index (χ3n) is 2.96. The molecule has 0 fully saturated rings. The van der Waals surface area contributed by atoms with Gasteiger partial charge in [0.1, 0.15) is 0 Å². The molecule has 0 N–H and O–H groups in total. The molecular weight excluding hydrogens is 238 g/mol. The average molecular weight is 253 g/mol. The van der Waals surface area contributed by atoms with Crippen molar-refractivity contribution in [3.05, 3.63) is 66.8 Å². The smallest absolute Gasteiger partial charge is 0.258 e. The summed E-state index contributed by atoms with van der Waals surface area (Å²) in [7, 11) is 0. The van der Waals surface area contributed by atoms with Crippen molar-refractivity contribution in [1.29, 1.82) is 0 Å². The molecule has 0 saturated heterocycles. The van der Waals surface area contributed by atoms with Gasteiger partial charge in [-0.3, -0.25) is 9.59 Å². The van der Waals surface area contributed by atoms with Gasteiger partial charge in [0.15, 0.2) is 0 Å². The molecule has 2 rings (SSSR count). The number of imide groups is 1. The topological polar surface area (TPSA) is 37.4 Å². The van der Waals surface area contributed by atoms with Crippen molar-refractivity contribution in [3.63, 3.8) is 0 Å². The van der Waals surface area contributed by atoms with E-state index < -0.39 is 0 Å². The highest BCUT2D eigenvalue weighted by molar-refractivity contribution is 6.28. The molecule has 1 aromatic carbocycles. The summed E-state index contributed by atoms with van der Waals surface area (Å²) in [5.41, 5.74) is 2.50. The molecule has 0 radical (unpaired) electrons. The fraction of sp³-hybridized carbons (Fsp3) is 0.125. The van der Waals surface area contributed by atoms with Gasteiger partial charge in [0, 0.05) is 12.2 Å². The van der Waals surface area contributed by atoms with Gasteiger partial charge < -0.3 is 0 Å². The van der Waals surface area contributed by atoms with E-state index in [1.54, 1.807) is 12.2 Å². The summed E-state index contributed by atoms with van der Waals surface area (Å²) in [6.07, 6.45) is 7.33. The number of nitrogens with zero attached hydrogens (tertiary/aromatic N) is 1. The summed E-state index contributed by atoms with van der Waals surface area (Å²) in [5.74, 6) is -0.598. The Labute approximate surface area is 112 Å². The summed E-state index contributed by atoms with van der Waals surface area (Å²) >= 11 is 0. The van der Waals surface area contributed by atoms with Crippen LogP contribution in [0, 0.1) is 0 Å². The zero-order chi connectivity index (χ0) is 13.8. The van der Waals surface area contributed by atoms with E-state index in [0.29, 0.717) is 18.5 Å². The number of carbonyl (C=O) groups is 2. The number of amides is 2. The number of carbonyl (C=O) groups excluding carboxylic acids is 2. The largest absolute Gasteiger partial charge is 0.269 e. The van der Waals surface area contributed by atoms with Crippen LogP contribution in [0.3, 0.4) is 0 Å². The van der Waals surface area contributed by atoms with Crippen LogP contribution in [0.5, 0.6) is 0 Å². The predicted octanol–water partition coefficient (Wildman–Crippen LogP) is 2.57. The Hall–Kier alpha value is -2.42. The van der Waals surface area contributed by atoms with Crippen molar-refractivity contribution in [3.8, 4) is 0 Å². The van der Waals surface area contributed by atoms with Crippen LogP contribution in [-0.2, 0) is 22.4 Å². The first-order chi connectivity index (χ1) is 9.19. The summed E-state index contributed by atoms with van der Waals surface area (Å²) in [5, 5.41) is 0. The second kappa shape index (κ2) is 5.48. The first-order valence-electron chi connectivity index (χ1n) is 6.07. The van der Waals surface area contributed by atoms with Gasteiger partial charge in [-0.2, -0.15) is 0 Å². The van der Waals surface area contributed by atoms with Crippen molar-refractivity contribution in [1.82, 2.24) is 0 Å². The van der Waals surface area contributed by atoms with Crippen molar-refractivity contribution >= 4 is 17.5 Å². The molecule has 19 heavy (non-hydrogen) atoms. The predicted molar refractivity (Wildman–Crippen MR) is 75.9 cm³/mol. The van der Waals surface area contributed by atoms with Crippen molar-refractivity contribution in [2.24, 2.45) is 0 Å². The minimum Gasteiger partial charge on any atom is -0.269 e. The lowest BCUT2D eigenvalue weighted by Gasteiger charge is -2.21. The Kier molecular flexibility index (Phi) is 3.76. The van der Waals surface area contributed by atoms with E-state index in [1.807, 2.05) is 18.2 Å². The molecule has 3 heteroatoms. The Morgan fingerprint density at radius 1 is 0.947 bits per heavy atom. The van der Waals surface area contributed by atoms with Gasteiger partial charge in [-0.25, -0.2) is 4.90 Å². The first kappa shape index (κ1) is 13.0. The van der Waals surface area contributed by atoms with E-state index in [0.717, 1.165) is 11.1 Å². The maximum Gasteiger partial charge on any atom is 0.258 e. The van der Waals surface area contributed by atoms with Gasteiger partial charge in [-0.05, 0) is 24.0 Å². The molecule has 1 heterocycles. The maximum atomic E-state index is 11.9. The molecule has 0 saturated carbocycles. The third kappa shape index (κ3) is 2.40. The van der Waals surface area contributed by atoms with Gasteiger partial charge in [-0.15, -0.1) is 13.2 Å². The van der Waals surface area contributed by atoms with E-state index >= 15 is 0 Å². The molecule has 1 aliphatic rings. The van der Waals surface area contributed by atoms with Crippen LogP contribution in [0.2, 0.25) is 0 Å². The molecule has 0 aromatic heterocycles. The fourth-order valence-electron chi connectivity index (χ4n) is 2.19. The highest BCUT2D eigenvalue weighted by Gasteiger charge is 2.28. The Morgan fingerprint density at radius 2 is 1.42 bits per heavy atom. The van der Waals surface area contributed by atoms with Gasteiger partial charge in [0.05, 0.1) is 5.69 Å². The Morgan fingerprint density at radius 3 is 1.84 bits per heavy atom. The zero-order valence-electron chi connectivity index (χ0n) is 10.6. The van der Waals surface area contributed by atoms with Crippen molar-refractivity contribution in [2.75, 3.05) is 4.90 Å². The third-order valence-corrected chi connectivity index (χ3v) is 2.96. The molecule has 2 amide bonds. The number of anilines is 1. The molecule has 1 aliphatic heterocycles. The van der Waals surface area contributed by atoms with E-state index in [2.05, 4.69) is 13.2 Å². The van der Waals surface area contributed by atoms with Crippen LogP contribution in [0.25, 0.3) is 0 Å². The molecule has 0 atom stereocenters. The van der Waals surface area contributed by atoms with Gasteiger partial charge in [0.2, 0.25) is 0 Å². The monoisotopic (exact) mass is 253 g/mol. The van der Waals surface area contributed by atoms with Crippen molar-refractivity contribution in [2.45, 2.75) is 12.8 Å². The highest BCUT2D eigenvalue weighted by Crippen LogP contribution is 2.29. The minimum atomic E-state index is -0.299. The van der Waals surface area contributed by atoms with Crippen LogP contribution in [0.4, 0.5) is 5.69 Å². The van der Waals surface area contributed by atoms with E-state index in [9.17, 15) is 9.59 Å². The van der Waals surface area contributed by atoms with E-state index in [-0.39, 0.29) is 11.8 Å². The number of hydrogen-bond acceptors (Lipinski definition) is 2. The van der Waals surface area contributed by atoms with Gasteiger partial charge in [-0.1, -0.05) is 30.4 Å². The maximum absolute atomic E-state index is 11.9. The fourth-order valence-corrected chi connectivity index (χ4v) is 2.19. The summed E-state index contributed by atoms with van der Waals surface area (Å²) in [6, 6.07) is 5.73. The molecule has 1 aromatic rings. The lowest BCUT2D eigenvalue weighted by molar-refractivity contribution is -0.120.